The van der Waals surface area contributed by atoms with Gasteiger partial charge in [0.05, 0.1) is 23.9 Å². The van der Waals surface area contributed by atoms with Gasteiger partial charge < -0.3 is 10.2 Å². The average molecular weight is 340 g/mol. The Balaban J connectivity index is 2.13. The summed E-state index contributed by atoms with van der Waals surface area (Å²) >= 11 is 0. The highest BCUT2D eigenvalue weighted by molar-refractivity contribution is 7.91. The second-order valence-corrected chi connectivity index (χ2v) is 9.04. The molecule has 2 rings (SSSR count). The summed E-state index contributed by atoms with van der Waals surface area (Å²) in [6.07, 6.45) is 3.57. The van der Waals surface area contributed by atoms with Crippen LogP contribution in [0.2, 0.25) is 0 Å². The molecule has 7 nitrogen and oxygen atoms in total. The Morgan fingerprint density at radius 2 is 2.04 bits per heavy atom. The zero-order chi connectivity index (χ0) is 17.3. The Hall–Kier alpha value is -1.70. The van der Waals surface area contributed by atoms with Crippen molar-refractivity contribution in [3.8, 4) is 0 Å². The number of hydrogen-bond acceptors (Lipinski definition) is 6. The maximum Gasteiger partial charge on any atom is 0.271 e. The number of rotatable bonds is 4. The predicted molar refractivity (Wildman–Crippen MR) is 89.3 cm³/mol. The molecule has 128 valence electrons. The van der Waals surface area contributed by atoms with Gasteiger partial charge in [-0.25, -0.2) is 18.4 Å². The number of amides is 1. The van der Waals surface area contributed by atoms with Gasteiger partial charge in [0.25, 0.3) is 5.91 Å². The van der Waals surface area contributed by atoms with Gasteiger partial charge in [-0.05, 0) is 34.1 Å². The molecule has 0 radical (unpaired) electrons. The first-order chi connectivity index (χ1) is 10.6. The van der Waals surface area contributed by atoms with Crippen LogP contribution in [0.25, 0.3) is 0 Å². The minimum Gasteiger partial charge on any atom is -0.352 e. The fourth-order valence-electron chi connectivity index (χ4n) is 2.62. The first kappa shape index (κ1) is 17.7. The van der Waals surface area contributed by atoms with Crippen LogP contribution in [0.3, 0.4) is 0 Å². The number of aromatic nitrogens is 2. The molecular weight excluding hydrogens is 316 g/mol. The van der Waals surface area contributed by atoms with Gasteiger partial charge in [0.2, 0.25) is 0 Å². The van der Waals surface area contributed by atoms with Crippen molar-refractivity contribution >= 4 is 21.6 Å². The van der Waals surface area contributed by atoms with Gasteiger partial charge in [-0.15, -0.1) is 0 Å². The summed E-state index contributed by atoms with van der Waals surface area (Å²) in [4.78, 5) is 22.5. The lowest BCUT2D eigenvalue weighted by Crippen LogP contribution is -2.41. The van der Waals surface area contributed by atoms with Crippen molar-refractivity contribution in [1.29, 1.82) is 0 Å². The molecule has 1 amide bonds. The van der Waals surface area contributed by atoms with Crippen LogP contribution in [0.5, 0.6) is 0 Å². The molecule has 1 fully saturated rings. The fourth-order valence-corrected chi connectivity index (χ4v) is 4.35. The average Bonchev–Trinajstić information content (AvgIpc) is 2.78. The van der Waals surface area contributed by atoms with Crippen LogP contribution in [0.15, 0.2) is 12.4 Å². The van der Waals surface area contributed by atoms with Gasteiger partial charge in [-0.2, -0.15) is 0 Å². The normalized spacial score (nSPS) is 20.3. The minimum absolute atomic E-state index is 0.0754. The molecule has 0 aliphatic carbocycles. The maximum absolute atomic E-state index is 12.0. The maximum atomic E-state index is 12.0. The smallest absolute Gasteiger partial charge is 0.271 e. The van der Waals surface area contributed by atoms with E-state index in [4.69, 9.17) is 0 Å². The van der Waals surface area contributed by atoms with E-state index in [1.54, 1.807) is 0 Å². The van der Waals surface area contributed by atoms with Crippen LogP contribution in [0.1, 0.15) is 44.6 Å². The van der Waals surface area contributed by atoms with Gasteiger partial charge in [0.15, 0.2) is 9.84 Å². The number of anilines is 1. The molecule has 23 heavy (non-hydrogen) atoms. The molecule has 0 spiro atoms. The van der Waals surface area contributed by atoms with E-state index in [-0.39, 0.29) is 34.7 Å². The van der Waals surface area contributed by atoms with Crippen molar-refractivity contribution in [2.75, 3.05) is 23.0 Å². The molecule has 2 heterocycles. The van der Waals surface area contributed by atoms with E-state index in [2.05, 4.69) is 15.3 Å². The lowest BCUT2D eigenvalue weighted by atomic mass is 10.1. The summed E-state index contributed by atoms with van der Waals surface area (Å²) in [6.45, 7) is 8.28. The van der Waals surface area contributed by atoms with Crippen LogP contribution in [0.4, 0.5) is 5.82 Å². The summed E-state index contributed by atoms with van der Waals surface area (Å²) in [6, 6.07) is -0.0754. The summed E-state index contributed by atoms with van der Waals surface area (Å²) < 4.78 is 23.3. The van der Waals surface area contributed by atoms with Crippen LogP contribution >= 0.6 is 0 Å². The zero-order valence-corrected chi connectivity index (χ0v) is 14.9. The highest BCUT2D eigenvalue weighted by Gasteiger charge is 2.32. The molecule has 1 aliphatic rings. The number of hydrogen-bond donors (Lipinski definition) is 1. The van der Waals surface area contributed by atoms with Gasteiger partial charge in [-0.1, -0.05) is 0 Å². The van der Waals surface area contributed by atoms with Crippen molar-refractivity contribution < 1.29 is 13.2 Å². The molecule has 1 aromatic rings. The molecule has 0 saturated carbocycles. The molecule has 1 aromatic heterocycles. The van der Waals surface area contributed by atoms with E-state index in [0.29, 0.717) is 18.8 Å². The Morgan fingerprint density at radius 1 is 1.35 bits per heavy atom. The molecule has 8 heteroatoms. The van der Waals surface area contributed by atoms with E-state index in [9.17, 15) is 13.2 Å². The third kappa shape index (κ3) is 4.63. The standard InChI is InChI=1S/C15H24N4O3S/c1-5-19(11-6-7-23(21,22)10-11)13-9-16-12(8-17-13)14(20)18-15(2,3)4/h8-9,11H,5-7,10H2,1-4H3,(H,18,20). The molecular formula is C15H24N4O3S. The molecule has 0 aromatic carbocycles. The third-order valence-electron chi connectivity index (χ3n) is 3.64. The summed E-state index contributed by atoms with van der Waals surface area (Å²) in [5.74, 6) is 0.688. The molecule has 1 N–H and O–H groups in total. The summed E-state index contributed by atoms with van der Waals surface area (Å²) in [5.41, 5.74) is -0.0933. The minimum atomic E-state index is -2.95. The van der Waals surface area contributed by atoms with E-state index < -0.39 is 9.84 Å². The van der Waals surface area contributed by atoms with Gasteiger partial charge in [-0.3, -0.25) is 4.79 Å². The highest BCUT2D eigenvalue weighted by atomic mass is 32.2. The first-order valence-corrected chi connectivity index (χ1v) is 9.55. The molecule has 1 aliphatic heterocycles. The van der Waals surface area contributed by atoms with E-state index in [0.717, 1.165) is 0 Å². The van der Waals surface area contributed by atoms with Crippen molar-refractivity contribution in [1.82, 2.24) is 15.3 Å². The predicted octanol–water partition coefficient (Wildman–Crippen LogP) is 1.02. The summed E-state index contributed by atoms with van der Waals surface area (Å²) in [7, 11) is -2.95. The molecule has 0 bridgehead atoms. The lowest BCUT2D eigenvalue weighted by Gasteiger charge is -2.27. The topological polar surface area (TPSA) is 92.3 Å². The van der Waals surface area contributed by atoms with E-state index in [1.165, 1.54) is 12.4 Å². The molecule has 1 unspecified atom stereocenters. The van der Waals surface area contributed by atoms with Crippen LogP contribution < -0.4 is 10.2 Å². The lowest BCUT2D eigenvalue weighted by molar-refractivity contribution is 0.0914. The molecule has 1 saturated heterocycles. The quantitative estimate of drug-likeness (QED) is 0.880. The Morgan fingerprint density at radius 3 is 2.48 bits per heavy atom. The van der Waals surface area contributed by atoms with Crippen molar-refractivity contribution in [2.24, 2.45) is 0 Å². The monoisotopic (exact) mass is 340 g/mol. The number of sulfone groups is 1. The Kier molecular flexibility index (Phi) is 4.93. The second-order valence-electron chi connectivity index (χ2n) is 6.81. The van der Waals surface area contributed by atoms with Gasteiger partial charge in [0.1, 0.15) is 11.5 Å². The SMILES string of the molecule is CCN(c1cnc(C(=O)NC(C)(C)C)cn1)C1CCS(=O)(=O)C1. The highest BCUT2D eigenvalue weighted by Crippen LogP contribution is 2.22. The van der Waals surface area contributed by atoms with Crippen molar-refractivity contribution in [2.45, 2.75) is 45.7 Å². The third-order valence-corrected chi connectivity index (χ3v) is 5.39. The van der Waals surface area contributed by atoms with Crippen molar-refractivity contribution in [3.63, 3.8) is 0 Å². The van der Waals surface area contributed by atoms with E-state index >= 15 is 0 Å². The fraction of sp³-hybridized carbons (Fsp3) is 0.667. The zero-order valence-electron chi connectivity index (χ0n) is 14.0. The number of nitrogens with zero attached hydrogens (tertiary/aromatic N) is 3. The number of carbonyl (C=O) groups excluding carboxylic acids is 1. The molecule has 1 atom stereocenters. The van der Waals surface area contributed by atoms with Crippen LogP contribution in [-0.2, 0) is 9.84 Å². The Bertz CT molecular complexity index is 665. The van der Waals surface area contributed by atoms with E-state index in [1.807, 2.05) is 32.6 Å². The van der Waals surface area contributed by atoms with Gasteiger partial charge >= 0.3 is 0 Å². The Labute approximate surface area is 137 Å². The van der Waals surface area contributed by atoms with Gasteiger partial charge in [0, 0.05) is 18.1 Å². The number of carbonyl (C=O) groups is 1. The van der Waals surface area contributed by atoms with Crippen LogP contribution in [-0.4, -0.2) is 53.9 Å². The second kappa shape index (κ2) is 6.43. The van der Waals surface area contributed by atoms with Crippen molar-refractivity contribution in [3.05, 3.63) is 18.1 Å². The van der Waals surface area contributed by atoms with Crippen LogP contribution in [0, 0.1) is 0 Å². The number of nitrogens with one attached hydrogen (secondary N) is 1. The largest absolute Gasteiger partial charge is 0.352 e. The summed E-state index contributed by atoms with van der Waals surface area (Å²) in [5, 5.41) is 2.83. The first-order valence-electron chi connectivity index (χ1n) is 7.73.